The predicted octanol–water partition coefficient (Wildman–Crippen LogP) is 23.3. The number of carbonyl (C=O) groups excluding carboxylic acids is 3. The summed E-state index contributed by atoms with van der Waals surface area (Å²) in [5, 5.41) is 0. The van der Waals surface area contributed by atoms with Gasteiger partial charge < -0.3 is 14.2 Å². The molecule has 450 valence electrons. The average Bonchev–Trinajstić information content (AvgIpc) is 3.43. The second kappa shape index (κ2) is 65.9. The van der Waals surface area contributed by atoms with Crippen LogP contribution in [0.15, 0.2) is 48.6 Å². The highest BCUT2D eigenvalue weighted by atomic mass is 16.6. The van der Waals surface area contributed by atoms with Crippen molar-refractivity contribution in [2.75, 3.05) is 13.2 Å². The number of allylic oxidation sites excluding steroid dienone is 8. The van der Waals surface area contributed by atoms with E-state index < -0.39 is 6.10 Å². The summed E-state index contributed by atoms with van der Waals surface area (Å²) >= 11 is 0. The van der Waals surface area contributed by atoms with Crippen molar-refractivity contribution in [2.24, 2.45) is 0 Å². The molecule has 0 aromatic carbocycles. The molecule has 0 aromatic heterocycles. The number of carbonyl (C=O) groups is 3. The number of ether oxygens (including phenoxy) is 3. The van der Waals surface area contributed by atoms with Gasteiger partial charge in [-0.2, -0.15) is 0 Å². The zero-order chi connectivity index (χ0) is 55.7. The third-order valence-corrected chi connectivity index (χ3v) is 15.3. The molecule has 0 saturated carbocycles. The summed E-state index contributed by atoms with van der Waals surface area (Å²) < 4.78 is 16.9. The van der Waals surface area contributed by atoms with Gasteiger partial charge in [-0.1, -0.05) is 320 Å². The van der Waals surface area contributed by atoms with Crippen LogP contribution in [0.2, 0.25) is 0 Å². The summed E-state index contributed by atoms with van der Waals surface area (Å²) in [6.07, 6.45) is 83.0. The standard InChI is InChI=1S/C71H130O6/c1-4-7-10-13-16-19-22-25-27-28-29-30-31-32-33-34-35-36-37-38-39-40-41-42-44-46-49-52-55-58-61-64-70(73)76-67-68(66-75-69(72)63-60-57-54-51-48-45-24-21-18-15-12-9-6-3)77-71(74)65-62-59-56-53-50-47-43-26-23-20-17-14-11-8-5-2/h12,15,17,20-21,24,26,43,68H,4-11,13-14,16,18-19,22-23,25,27-42,44-67H2,1-3H3/b15-12-,20-17-,24-21-,43-26-. The fourth-order valence-electron chi connectivity index (χ4n) is 10.2. The van der Waals surface area contributed by atoms with Gasteiger partial charge in [0.25, 0.3) is 0 Å². The van der Waals surface area contributed by atoms with Crippen molar-refractivity contribution in [3.05, 3.63) is 48.6 Å². The van der Waals surface area contributed by atoms with Crippen molar-refractivity contribution in [3.63, 3.8) is 0 Å². The number of hydrogen-bond donors (Lipinski definition) is 0. The van der Waals surface area contributed by atoms with E-state index in [4.69, 9.17) is 14.2 Å². The van der Waals surface area contributed by atoms with Crippen LogP contribution in [0.5, 0.6) is 0 Å². The topological polar surface area (TPSA) is 78.9 Å². The summed E-state index contributed by atoms with van der Waals surface area (Å²) in [5.41, 5.74) is 0. The lowest BCUT2D eigenvalue weighted by Gasteiger charge is -2.18. The molecule has 0 N–H and O–H groups in total. The number of rotatable bonds is 63. The second-order valence-electron chi connectivity index (χ2n) is 23.1. The van der Waals surface area contributed by atoms with Gasteiger partial charge in [0.15, 0.2) is 6.10 Å². The summed E-state index contributed by atoms with van der Waals surface area (Å²) in [5.74, 6) is -0.890. The molecule has 0 aliphatic rings. The molecule has 0 amide bonds. The molecule has 6 nitrogen and oxygen atoms in total. The van der Waals surface area contributed by atoms with E-state index in [2.05, 4.69) is 69.4 Å². The molecule has 0 heterocycles. The average molecular weight is 1080 g/mol. The molecule has 0 spiro atoms. The first-order chi connectivity index (χ1) is 38.0. The fraction of sp³-hybridized carbons (Fsp3) is 0.845. The van der Waals surface area contributed by atoms with Crippen LogP contribution >= 0.6 is 0 Å². The Morgan fingerprint density at radius 2 is 0.494 bits per heavy atom. The maximum absolute atomic E-state index is 12.9. The highest BCUT2D eigenvalue weighted by Crippen LogP contribution is 2.18. The van der Waals surface area contributed by atoms with Crippen molar-refractivity contribution in [3.8, 4) is 0 Å². The van der Waals surface area contributed by atoms with Crippen LogP contribution in [0.4, 0.5) is 0 Å². The van der Waals surface area contributed by atoms with Gasteiger partial charge in [-0.15, -0.1) is 0 Å². The van der Waals surface area contributed by atoms with Crippen LogP contribution in [0.1, 0.15) is 367 Å². The molecule has 0 rings (SSSR count). The molecule has 77 heavy (non-hydrogen) atoms. The first kappa shape index (κ1) is 74.4. The van der Waals surface area contributed by atoms with Crippen LogP contribution in [0.3, 0.4) is 0 Å². The molecule has 0 radical (unpaired) electrons. The van der Waals surface area contributed by atoms with Gasteiger partial charge in [-0.05, 0) is 77.0 Å². The molecule has 1 unspecified atom stereocenters. The second-order valence-corrected chi connectivity index (χ2v) is 23.1. The van der Waals surface area contributed by atoms with Crippen molar-refractivity contribution in [2.45, 2.75) is 374 Å². The van der Waals surface area contributed by atoms with E-state index in [1.54, 1.807) is 0 Å². The lowest BCUT2D eigenvalue weighted by molar-refractivity contribution is -0.167. The van der Waals surface area contributed by atoms with E-state index >= 15 is 0 Å². The highest BCUT2D eigenvalue weighted by molar-refractivity contribution is 5.71. The summed E-state index contributed by atoms with van der Waals surface area (Å²) in [4.78, 5) is 38.3. The molecular formula is C71H130O6. The number of hydrogen-bond acceptors (Lipinski definition) is 6. The molecule has 0 aliphatic carbocycles. The Morgan fingerprint density at radius 3 is 0.792 bits per heavy atom. The van der Waals surface area contributed by atoms with E-state index in [9.17, 15) is 14.4 Å². The number of esters is 3. The molecular weight excluding hydrogens is 949 g/mol. The fourth-order valence-corrected chi connectivity index (χ4v) is 10.2. The first-order valence-corrected chi connectivity index (χ1v) is 34.1. The smallest absolute Gasteiger partial charge is 0.306 e. The van der Waals surface area contributed by atoms with Crippen molar-refractivity contribution < 1.29 is 28.6 Å². The predicted molar refractivity (Wildman–Crippen MR) is 335 cm³/mol. The Morgan fingerprint density at radius 1 is 0.260 bits per heavy atom. The van der Waals surface area contributed by atoms with Crippen LogP contribution in [-0.2, 0) is 28.6 Å². The normalized spacial score (nSPS) is 12.3. The zero-order valence-electron chi connectivity index (χ0n) is 51.7. The minimum atomic E-state index is -0.785. The lowest BCUT2D eigenvalue weighted by atomic mass is 10.0. The summed E-state index contributed by atoms with van der Waals surface area (Å²) in [7, 11) is 0. The van der Waals surface area contributed by atoms with Gasteiger partial charge in [-0.25, -0.2) is 0 Å². The summed E-state index contributed by atoms with van der Waals surface area (Å²) in [6, 6.07) is 0. The van der Waals surface area contributed by atoms with Crippen molar-refractivity contribution in [1.82, 2.24) is 0 Å². The minimum absolute atomic E-state index is 0.0803. The molecule has 0 fully saturated rings. The zero-order valence-corrected chi connectivity index (χ0v) is 51.7. The van der Waals surface area contributed by atoms with E-state index in [1.807, 2.05) is 0 Å². The van der Waals surface area contributed by atoms with Crippen LogP contribution < -0.4 is 0 Å². The SMILES string of the molecule is CCC/C=C\C/C=C\CCCCCCCC(=O)OCC(COC(=O)CCCCCCCCCCCCCCCCCCCCCCCCCCCCCCCCC)OC(=O)CCCCCCC/C=C\C/C=C\CCCCC. The molecule has 0 aliphatic heterocycles. The maximum Gasteiger partial charge on any atom is 0.306 e. The van der Waals surface area contributed by atoms with Gasteiger partial charge in [0, 0.05) is 19.3 Å². The summed E-state index contributed by atoms with van der Waals surface area (Å²) in [6.45, 7) is 6.58. The van der Waals surface area contributed by atoms with Gasteiger partial charge in [0.2, 0.25) is 0 Å². The Labute approximate surface area is 479 Å². The van der Waals surface area contributed by atoms with Crippen molar-refractivity contribution in [1.29, 1.82) is 0 Å². The van der Waals surface area contributed by atoms with Crippen LogP contribution in [0, 0.1) is 0 Å². The van der Waals surface area contributed by atoms with Crippen molar-refractivity contribution >= 4 is 17.9 Å². The Balaban J connectivity index is 4.12. The van der Waals surface area contributed by atoms with E-state index in [-0.39, 0.29) is 31.1 Å². The maximum atomic E-state index is 12.9. The molecule has 0 saturated heterocycles. The first-order valence-electron chi connectivity index (χ1n) is 34.1. The number of unbranched alkanes of at least 4 members (excludes halogenated alkanes) is 44. The van der Waals surface area contributed by atoms with E-state index in [0.717, 1.165) is 109 Å². The quantitative estimate of drug-likeness (QED) is 0.0261. The Kier molecular flexibility index (Phi) is 63.6. The molecule has 1 atom stereocenters. The van der Waals surface area contributed by atoms with Crippen LogP contribution in [-0.4, -0.2) is 37.2 Å². The third-order valence-electron chi connectivity index (χ3n) is 15.3. The monoisotopic (exact) mass is 1080 g/mol. The molecule has 0 bridgehead atoms. The minimum Gasteiger partial charge on any atom is -0.462 e. The highest BCUT2D eigenvalue weighted by Gasteiger charge is 2.19. The Bertz CT molecular complexity index is 1330. The largest absolute Gasteiger partial charge is 0.462 e. The van der Waals surface area contributed by atoms with Gasteiger partial charge in [-0.3, -0.25) is 14.4 Å². The lowest BCUT2D eigenvalue weighted by Crippen LogP contribution is -2.30. The van der Waals surface area contributed by atoms with E-state index in [0.29, 0.717) is 19.3 Å². The molecule has 0 aromatic rings. The van der Waals surface area contributed by atoms with Gasteiger partial charge >= 0.3 is 17.9 Å². The van der Waals surface area contributed by atoms with E-state index in [1.165, 1.54) is 218 Å². The molecule has 6 heteroatoms. The third kappa shape index (κ3) is 64.1. The Hall–Kier alpha value is -2.63. The van der Waals surface area contributed by atoms with Crippen LogP contribution in [0.25, 0.3) is 0 Å². The van der Waals surface area contributed by atoms with Gasteiger partial charge in [0.05, 0.1) is 0 Å². The van der Waals surface area contributed by atoms with Gasteiger partial charge in [0.1, 0.15) is 13.2 Å².